The van der Waals surface area contributed by atoms with Crippen LogP contribution in [0.4, 0.5) is 8.78 Å². The minimum Gasteiger partial charge on any atom is -0.508 e. The Kier molecular flexibility index (Phi) is 7.92. The van der Waals surface area contributed by atoms with Gasteiger partial charge in [-0.2, -0.15) is 0 Å². The molecule has 25 heavy (non-hydrogen) atoms. The number of Topliss-reactive ketones (excluding diaryl/α,β-unsaturated/α-hetero) is 2. The van der Waals surface area contributed by atoms with Crippen LogP contribution in [0, 0.1) is 18.6 Å². The third kappa shape index (κ3) is 6.83. The minimum absolute atomic E-state index is 0.00107. The topological polar surface area (TPSA) is 54.4 Å². The van der Waals surface area contributed by atoms with Gasteiger partial charge in [0, 0.05) is 24.5 Å². The van der Waals surface area contributed by atoms with Crippen LogP contribution in [0.2, 0.25) is 0 Å². The van der Waals surface area contributed by atoms with E-state index in [1.54, 1.807) is 13.0 Å². The lowest BCUT2D eigenvalue weighted by atomic mass is 10.0. The van der Waals surface area contributed by atoms with Crippen molar-refractivity contribution >= 4 is 11.6 Å². The van der Waals surface area contributed by atoms with E-state index in [0.29, 0.717) is 17.5 Å². The number of hydrogen-bond donors (Lipinski definition) is 1. The van der Waals surface area contributed by atoms with Crippen LogP contribution in [-0.2, 0) is 11.2 Å². The van der Waals surface area contributed by atoms with Gasteiger partial charge in [0.15, 0.2) is 5.78 Å². The van der Waals surface area contributed by atoms with Crippen LogP contribution in [0.5, 0.6) is 5.75 Å². The van der Waals surface area contributed by atoms with Crippen LogP contribution < -0.4 is 0 Å². The van der Waals surface area contributed by atoms with E-state index in [1.807, 2.05) is 6.92 Å². The van der Waals surface area contributed by atoms with Crippen LogP contribution in [-0.4, -0.2) is 16.7 Å². The lowest BCUT2D eigenvalue weighted by Crippen LogP contribution is -2.04. The largest absolute Gasteiger partial charge is 0.508 e. The first kappa shape index (κ1) is 20.5. The van der Waals surface area contributed by atoms with Gasteiger partial charge < -0.3 is 9.90 Å². The number of aromatic hydroxyl groups is 1. The molecule has 0 bridgehead atoms. The van der Waals surface area contributed by atoms with Gasteiger partial charge in [0.25, 0.3) is 0 Å². The van der Waals surface area contributed by atoms with Crippen LogP contribution >= 0.6 is 0 Å². The number of carbonyl (C=O) groups excluding carboxylic acids is 2. The highest BCUT2D eigenvalue weighted by Gasteiger charge is 2.10. The molecule has 0 radical (unpaired) electrons. The highest BCUT2D eigenvalue weighted by Crippen LogP contribution is 2.18. The summed E-state index contributed by atoms with van der Waals surface area (Å²) in [6.45, 7) is 5.10. The predicted molar refractivity (Wildman–Crippen MR) is 92.8 cm³/mol. The van der Waals surface area contributed by atoms with Gasteiger partial charge in [-0.1, -0.05) is 19.1 Å². The molecule has 5 heteroatoms. The van der Waals surface area contributed by atoms with Gasteiger partial charge in [-0.3, -0.25) is 4.79 Å². The number of carbonyl (C=O) groups is 2. The zero-order valence-electron chi connectivity index (χ0n) is 14.6. The van der Waals surface area contributed by atoms with Crippen molar-refractivity contribution in [1.82, 2.24) is 0 Å². The van der Waals surface area contributed by atoms with Gasteiger partial charge in [-0.15, -0.1) is 0 Å². The summed E-state index contributed by atoms with van der Waals surface area (Å²) in [5.74, 6) is -0.997. The summed E-state index contributed by atoms with van der Waals surface area (Å²) >= 11 is 0. The highest BCUT2D eigenvalue weighted by molar-refractivity contribution is 5.99. The Morgan fingerprint density at radius 2 is 1.72 bits per heavy atom. The molecule has 3 nitrogen and oxygen atoms in total. The number of aryl methyl sites for hydroxylation is 2. The van der Waals surface area contributed by atoms with Gasteiger partial charge in [0.1, 0.15) is 23.2 Å². The smallest absolute Gasteiger partial charge is 0.163 e. The molecule has 2 aromatic rings. The fourth-order valence-electron chi connectivity index (χ4n) is 2.14. The lowest BCUT2D eigenvalue weighted by Gasteiger charge is -2.04. The molecule has 0 aliphatic carbocycles. The monoisotopic (exact) mass is 348 g/mol. The molecule has 0 atom stereocenters. The fraction of sp³-hybridized carbons (Fsp3) is 0.300. The molecule has 1 N–H and O–H groups in total. The second kappa shape index (κ2) is 9.67. The fourth-order valence-corrected chi connectivity index (χ4v) is 2.14. The lowest BCUT2D eigenvalue weighted by molar-refractivity contribution is -0.116. The SMILES string of the molecule is CC(=O)CCC(=O)c1cc(O)ccc1C.CCc1ccc(F)cc1F. The van der Waals surface area contributed by atoms with E-state index in [1.165, 1.54) is 31.2 Å². The minimum atomic E-state index is -0.519. The van der Waals surface area contributed by atoms with Crippen molar-refractivity contribution in [3.05, 3.63) is 64.7 Å². The van der Waals surface area contributed by atoms with E-state index in [9.17, 15) is 23.5 Å². The van der Waals surface area contributed by atoms with Gasteiger partial charge in [0.2, 0.25) is 0 Å². The maximum atomic E-state index is 12.6. The van der Waals surface area contributed by atoms with E-state index in [2.05, 4.69) is 0 Å². The zero-order valence-corrected chi connectivity index (χ0v) is 14.6. The average Bonchev–Trinajstić information content (AvgIpc) is 2.55. The number of phenols is 1. The second-order valence-electron chi connectivity index (χ2n) is 5.71. The second-order valence-corrected chi connectivity index (χ2v) is 5.71. The number of ketones is 2. The molecule has 0 aliphatic rings. The summed E-state index contributed by atoms with van der Waals surface area (Å²) in [4.78, 5) is 22.4. The normalized spacial score (nSPS) is 9.96. The molecule has 0 amide bonds. The molecule has 0 aliphatic heterocycles. The molecular weight excluding hydrogens is 326 g/mol. The molecule has 0 fully saturated rings. The molecule has 0 saturated carbocycles. The van der Waals surface area contributed by atoms with Crippen LogP contribution in [0.15, 0.2) is 36.4 Å². The molecule has 0 unspecified atom stereocenters. The average molecular weight is 348 g/mol. The number of rotatable bonds is 5. The zero-order chi connectivity index (χ0) is 19.0. The van der Waals surface area contributed by atoms with Crippen molar-refractivity contribution in [2.24, 2.45) is 0 Å². The number of halogens is 2. The summed E-state index contributed by atoms with van der Waals surface area (Å²) in [5, 5.41) is 9.24. The number of benzene rings is 2. The summed E-state index contributed by atoms with van der Waals surface area (Å²) in [6.07, 6.45) is 1.07. The number of hydrogen-bond acceptors (Lipinski definition) is 3. The molecule has 0 aromatic heterocycles. The molecule has 134 valence electrons. The Morgan fingerprint density at radius 1 is 1.04 bits per heavy atom. The quantitative estimate of drug-likeness (QED) is 0.791. The summed E-state index contributed by atoms with van der Waals surface area (Å²) in [7, 11) is 0. The van der Waals surface area contributed by atoms with E-state index >= 15 is 0 Å². The van der Waals surface area contributed by atoms with Gasteiger partial charge >= 0.3 is 0 Å². The van der Waals surface area contributed by atoms with Crippen molar-refractivity contribution < 1.29 is 23.5 Å². The maximum absolute atomic E-state index is 12.6. The van der Waals surface area contributed by atoms with Crippen molar-refractivity contribution in [2.75, 3.05) is 0 Å². The standard InChI is InChI=1S/C12H14O3.C8H8F2/c1-8-3-5-10(14)7-11(8)12(15)6-4-9(2)13;1-2-6-3-4-7(9)5-8(6)10/h3,5,7,14H,4,6H2,1-2H3;3-5H,2H2,1H3. The maximum Gasteiger partial charge on any atom is 0.163 e. The molecular formula is C20H22F2O3. The third-order valence-electron chi connectivity index (χ3n) is 3.62. The van der Waals surface area contributed by atoms with Crippen molar-refractivity contribution in [3.63, 3.8) is 0 Å². The van der Waals surface area contributed by atoms with E-state index in [-0.39, 0.29) is 30.2 Å². The highest BCUT2D eigenvalue weighted by atomic mass is 19.1. The first-order valence-electron chi connectivity index (χ1n) is 8.00. The van der Waals surface area contributed by atoms with Crippen molar-refractivity contribution in [3.8, 4) is 5.75 Å². The van der Waals surface area contributed by atoms with E-state index in [4.69, 9.17) is 0 Å². The van der Waals surface area contributed by atoms with Crippen molar-refractivity contribution in [1.29, 1.82) is 0 Å². The first-order valence-corrected chi connectivity index (χ1v) is 8.00. The summed E-state index contributed by atoms with van der Waals surface area (Å²) < 4.78 is 24.9. The number of phenolic OH excluding ortho intramolecular Hbond substituents is 1. The molecule has 0 spiro atoms. The van der Waals surface area contributed by atoms with Gasteiger partial charge in [-0.05, 0) is 49.6 Å². The van der Waals surface area contributed by atoms with Crippen LogP contribution in [0.3, 0.4) is 0 Å². The Hall–Kier alpha value is -2.56. The predicted octanol–water partition coefficient (Wildman–Crippen LogP) is 4.78. The molecule has 0 heterocycles. The van der Waals surface area contributed by atoms with Gasteiger partial charge in [0.05, 0.1) is 0 Å². The van der Waals surface area contributed by atoms with E-state index < -0.39 is 11.6 Å². The Balaban J connectivity index is 0.000000271. The Morgan fingerprint density at radius 3 is 2.28 bits per heavy atom. The molecule has 2 aromatic carbocycles. The summed E-state index contributed by atoms with van der Waals surface area (Å²) in [5.41, 5.74) is 1.87. The summed E-state index contributed by atoms with van der Waals surface area (Å²) in [6, 6.07) is 8.30. The van der Waals surface area contributed by atoms with Crippen LogP contribution in [0.25, 0.3) is 0 Å². The van der Waals surface area contributed by atoms with Gasteiger partial charge in [-0.25, -0.2) is 8.78 Å². The Labute approximate surface area is 146 Å². The third-order valence-corrected chi connectivity index (χ3v) is 3.62. The molecule has 2 rings (SSSR count). The van der Waals surface area contributed by atoms with E-state index in [0.717, 1.165) is 11.6 Å². The Bertz CT molecular complexity index is 755. The molecule has 0 saturated heterocycles. The van der Waals surface area contributed by atoms with Crippen LogP contribution in [0.1, 0.15) is 48.2 Å². The first-order chi connectivity index (χ1) is 11.7. The van der Waals surface area contributed by atoms with Crippen molar-refractivity contribution in [2.45, 2.75) is 40.0 Å².